The third-order valence-electron chi connectivity index (χ3n) is 8.21. The number of fused-ring (bicyclic) bond motifs is 5. The van der Waals surface area contributed by atoms with Gasteiger partial charge in [0, 0.05) is 12.0 Å². The van der Waals surface area contributed by atoms with E-state index in [1.165, 1.54) is 51.4 Å². The highest BCUT2D eigenvalue weighted by Gasteiger charge is 2.57. The lowest BCUT2D eigenvalue weighted by atomic mass is 9.48. The van der Waals surface area contributed by atoms with Gasteiger partial charge in [-0.05, 0) is 99.9 Å². The van der Waals surface area contributed by atoms with Crippen molar-refractivity contribution in [2.24, 2.45) is 28.6 Å². The molecule has 2 heteroatoms. The summed E-state index contributed by atoms with van der Waals surface area (Å²) in [6.45, 7) is 8.82. The van der Waals surface area contributed by atoms with Crippen LogP contribution in [0.15, 0.2) is 23.8 Å². The third-order valence-corrected chi connectivity index (χ3v) is 8.21. The molecule has 26 heavy (non-hydrogen) atoms. The van der Waals surface area contributed by atoms with Crippen molar-refractivity contribution in [1.82, 2.24) is 5.32 Å². The summed E-state index contributed by atoms with van der Waals surface area (Å²) in [7, 11) is 0. The largest absolute Gasteiger partial charge is 0.351 e. The standard InChI is InChI=1S/C24H37NO/c1-22(2,3)25-21(26)16-24-14-7-9-20(24)18-11-10-17-8-5-6-13-23(17,4)19(18)12-15-24/h5,8,10,18-20H,6-7,9,11-16H2,1-4H3,(H,25,26)/t18-,19+,20+,23+,24+/m1/s1. The minimum absolute atomic E-state index is 0.122. The van der Waals surface area contributed by atoms with Crippen molar-refractivity contribution in [3.63, 3.8) is 0 Å². The van der Waals surface area contributed by atoms with Crippen LogP contribution in [0, 0.1) is 28.6 Å². The van der Waals surface area contributed by atoms with Gasteiger partial charge in [0.2, 0.25) is 5.91 Å². The predicted molar refractivity (Wildman–Crippen MR) is 108 cm³/mol. The van der Waals surface area contributed by atoms with E-state index in [4.69, 9.17) is 0 Å². The Balaban J connectivity index is 1.57. The highest BCUT2D eigenvalue weighted by molar-refractivity contribution is 5.77. The molecule has 4 aliphatic rings. The van der Waals surface area contributed by atoms with Crippen LogP contribution < -0.4 is 5.32 Å². The van der Waals surface area contributed by atoms with Gasteiger partial charge in [0.15, 0.2) is 0 Å². The zero-order valence-electron chi connectivity index (χ0n) is 17.2. The van der Waals surface area contributed by atoms with E-state index in [0.29, 0.717) is 5.41 Å². The molecule has 2 saturated carbocycles. The Hall–Kier alpha value is -1.05. The second-order valence-corrected chi connectivity index (χ2v) is 10.9. The van der Waals surface area contributed by atoms with Gasteiger partial charge < -0.3 is 5.32 Å². The van der Waals surface area contributed by atoms with Crippen molar-refractivity contribution in [3.8, 4) is 0 Å². The fourth-order valence-electron chi connectivity index (χ4n) is 7.18. The van der Waals surface area contributed by atoms with Crippen LogP contribution in [0.1, 0.15) is 85.5 Å². The molecular formula is C24H37NO. The highest BCUT2D eigenvalue weighted by Crippen LogP contribution is 2.65. The van der Waals surface area contributed by atoms with Crippen molar-refractivity contribution in [1.29, 1.82) is 0 Å². The molecular weight excluding hydrogens is 318 g/mol. The Bertz CT molecular complexity index is 639. The molecule has 0 spiro atoms. The molecule has 0 unspecified atom stereocenters. The number of hydrogen-bond donors (Lipinski definition) is 1. The first-order valence-electron chi connectivity index (χ1n) is 10.9. The lowest BCUT2D eigenvalue weighted by Crippen LogP contribution is -2.50. The van der Waals surface area contributed by atoms with Gasteiger partial charge in [-0.2, -0.15) is 0 Å². The summed E-state index contributed by atoms with van der Waals surface area (Å²) < 4.78 is 0. The van der Waals surface area contributed by atoms with Crippen LogP contribution in [0.4, 0.5) is 0 Å². The number of hydrogen-bond acceptors (Lipinski definition) is 1. The average molecular weight is 356 g/mol. The quantitative estimate of drug-likeness (QED) is 0.667. The summed E-state index contributed by atoms with van der Waals surface area (Å²) in [4.78, 5) is 12.8. The van der Waals surface area contributed by atoms with Crippen molar-refractivity contribution in [2.45, 2.75) is 91.0 Å². The van der Waals surface area contributed by atoms with Crippen molar-refractivity contribution < 1.29 is 4.79 Å². The summed E-state index contributed by atoms with van der Waals surface area (Å²) in [5.74, 6) is 2.66. The summed E-state index contributed by atoms with van der Waals surface area (Å²) >= 11 is 0. The number of nitrogens with one attached hydrogen (secondary N) is 1. The summed E-state index contributed by atoms with van der Waals surface area (Å²) in [5.41, 5.74) is 2.16. The number of rotatable bonds is 2. The van der Waals surface area contributed by atoms with Crippen LogP contribution in [0.2, 0.25) is 0 Å². The van der Waals surface area contributed by atoms with Crippen LogP contribution in [-0.2, 0) is 4.79 Å². The number of carbonyl (C=O) groups is 1. The molecule has 1 amide bonds. The maximum absolute atomic E-state index is 12.8. The normalized spacial score (nSPS) is 41.7. The Labute approximate surface area is 159 Å². The van der Waals surface area contributed by atoms with E-state index in [-0.39, 0.29) is 16.9 Å². The second kappa shape index (κ2) is 6.24. The highest BCUT2D eigenvalue weighted by atomic mass is 16.1. The first-order valence-corrected chi connectivity index (χ1v) is 10.9. The van der Waals surface area contributed by atoms with E-state index in [1.807, 2.05) is 0 Å². The summed E-state index contributed by atoms with van der Waals surface area (Å²) in [6.07, 6.45) is 18.4. The van der Waals surface area contributed by atoms with Crippen molar-refractivity contribution in [2.75, 3.05) is 0 Å². The molecule has 2 nitrogen and oxygen atoms in total. The molecule has 0 saturated heterocycles. The first-order chi connectivity index (χ1) is 12.2. The molecule has 0 bridgehead atoms. The van der Waals surface area contributed by atoms with Gasteiger partial charge in [-0.15, -0.1) is 0 Å². The van der Waals surface area contributed by atoms with Gasteiger partial charge in [-0.1, -0.05) is 31.6 Å². The fourth-order valence-corrected chi connectivity index (χ4v) is 7.18. The maximum atomic E-state index is 12.8. The number of allylic oxidation sites excluding steroid dienone is 4. The Morgan fingerprint density at radius 3 is 2.77 bits per heavy atom. The number of carbonyl (C=O) groups excluding carboxylic acids is 1. The maximum Gasteiger partial charge on any atom is 0.220 e. The van der Waals surface area contributed by atoms with E-state index in [0.717, 1.165) is 24.2 Å². The number of amides is 1. The van der Waals surface area contributed by atoms with Crippen molar-refractivity contribution >= 4 is 5.91 Å². The molecule has 0 aromatic heterocycles. The van der Waals surface area contributed by atoms with Gasteiger partial charge in [-0.3, -0.25) is 4.79 Å². The molecule has 2 fully saturated rings. The Kier molecular flexibility index (Phi) is 4.40. The zero-order valence-corrected chi connectivity index (χ0v) is 17.2. The predicted octanol–water partition coefficient (Wildman–Crippen LogP) is 5.79. The Morgan fingerprint density at radius 2 is 2.00 bits per heavy atom. The fraction of sp³-hybridized carbons (Fsp3) is 0.792. The van der Waals surface area contributed by atoms with E-state index in [1.54, 1.807) is 5.57 Å². The summed E-state index contributed by atoms with van der Waals surface area (Å²) in [5, 5.41) is 3.24. The molecule has 1 N–H and O–H groups in total. The van der Waals surface area contributed by atoms with E-state index in [2.05, 4.69) is 51.2 Å². The smallest absolute Gasteiger partial charge is 0.220 e. The average Bonchev–Trinajstić information content (AvgIpc) is 2.95. The van der Waals surface area contributed by atoms with Crippen molar-refractivity contribution in [3.05, 3.63) is 23.8 Å². The van der Waals surface area contributed by atoms with Gasteiger partial charge in [0.1, 0.15) is 0 Å². The van der Waals surface area contributed by atoms with Crippen LogP contribution in [-0.4, -0.2) is 11.4 Å². The van der Waals surface area contributed by atoms with E-state index in [9.17, 15) is 4.79 Å². The molecule has 0 radical (unpaired) electrons. The molecule has 144 valence electrons. The minimum Gasteiger partial charge on any atom is -0.351 e. The van der Waals surface area contributed by atoms with Gasteiger partial charge >= 0.3 is 0 Å². The molecule has 0 aliphatic heterocycles. The lowest BCUT2D eigenvalue weighted by molar-refractivity contribution is -0.128. The zero-order chi connectivity index (χ0) is 18.6. The van der Waals surface area contributed by atoms with Crippen LogP contribution in [0.3, 0.4) is 0 Å². The van der Waals surface area contributed by atoms with Gasteiger partial charge in [0.25, 0.3) is 0 Å². The molecule has 4 rings (SSSR count). The molecule has 5 atom stereocenters. The van der Waals surface area contributed by atoms with Crippen LogP contribution in [0.25, 0.3) is 0 Å². The second-order valence-electron chi connectivity index (χ2n) is 10.9. The molecule has 4 aliphatic carbocycles. The van der Waals surface area contributed by atoms with E-state index < -0.39 is 0 Å². The van der Waals surface area contributed by atoms with Gasteiger partial charge in [0.05, 0.1) is 0 Å². The molecule has 0 heterocycles. The lowest BCUT2D eigenvalue weighted by Gasteiger charge is -2.56. The summed E-state index contributed by atoms with van der Waals surface area (Å²) in [6, 6.07) is 0. The molecule has 0 aromatic rings. The third kappa shape index (κ3) is 2.98. The van der Waals surface area contributed by atoms with Gasteiger partial charge in [-0.25, -0.2) is 0 Å². The monoisotopic (exact) mass is 355 g/mol. The SMILES string of the molecule is CC(C)(C)NC(=O)C[C@@]12CCC[C@H]1[C@@H]1CC=C3C=CCC[C@]3(C)[C@H]1CC2. The Morgan fingerprint density at radius 1 is 1.19 bits per heavy atom. The van der Waals surface area contributed by atoms with Crippen LogP contribution in [0.5, 0.6) is 0 Å². The van der Waals surface area contributed by atoms with Crippen LogP contribution >= 0.6 is 0 Å². The molecule has 0 aromatic carbocycles. The van der Waals surface area contributed by atoms with E-state index >= 15 is 0 Å². The first kappa shape index (κ1) is 18.3. The topological polar surface area (TPSA) is 29.1 Å². The minimum atomic E-state index is -0.122.